The standard InChI is InChI=1S/C19H23F2N3O2S/c1-11(14-5-7-15(8-6-14)26-18(20)21)22-17(25)10-9-16-12(2)23-19(27-4)24-13(16)3/h5-8,11,18H,9-10H2,1-4H3,(H,22,25). The highest BCUT2D eigenvalue weighted by molar-refractivity contribution is 7.98. The van der Waals surface area contributed by atoms with Gasteiger partial charge >= 0.3 is 6.61 Å². The van der Waals surface area contributed by atoms with Gasteiger partial charge in [0.1, 0.15) is 5.75 Å². The molecule has 0 saturated heterocycles. The first-order valence-corrected chi connectivity index (χ1v) is 9.75. The van der Waals surface area contributed by atoms with Crippen LogP contribution >= 0.6 is 11.8 Å². The van der Waals surface area contributed by atoms with Gasteiger partial charge in [0.25, 0.3) is 0 Å². The van der Waals surface area contributed by atoms with E-state index in [1.807, 2.05) is 27.0 Å². The number of hydrogen-bond acceptors (Lipinski definition) is 5. The van der Waals surface area contributed by atoms with Crippen LogP contribution in [0.3, 0.4) is 0 Å². The van der Waals surface area contributed by atoms with Gasteiger partial charge in [-0.25, -0.2) is 9.97 Å². The van der Waals surface area contributed by atoms with E-state index in [0.29, 0.717) is 12.8 Å². The van der Waals surface area contributed by atoms with Crippen LogP contribution in [0.25, 0.3) is 0 Å². The Balaban J connectivity index is 1.92. The molecule has 0 bridgehead atoms. The molecule has 8 heteroatoms. The van der Waals surface area contributed by atoms with E-state index in [1.54, 1.807) is 12.1 Å². The number of carbonyl (C=O) groups excluding carboxylic acids is 1. The summed E-state index contributed by atoms with van der Waals surface area (Å²) in [5.41, 5.74) is 3.58. The summed E-state index contributed by atoms with van der Waals surface area (Å²) in [7, 11) is 0. The van der Waals surface area contributed by atoms with Crippen LogP contribution in [0.4, 0.5) is 8.78 Å². The number of halogens is 2. The molecule has 0 aliphatic rings. The highest BCUT2D eigenvalue weighted by Crippen LogP contribution is 2.20. The zero-order valence-corrected chi connectivity index (χ0v) is 16.6. The number of nitrogens with zero attached hydrogens (tertiary/aromatic N) is 2. The number of benzene rings is 1. The number of hydrogen-bond donors (Lipinski definition) is 1. The van der Waals surface area contributed by atoms with Gasteiger partial charge in [-0.1, -0.05) is 23.9 Å². The van der Waals surface area contributed by atoms with Crippen LogP contribution in [0.1, 0.15) is 41.9 Å². The van der Waals surface area contributed by atoms with Gasteiger partial charge in [-0.3, -0.25) is 4.79 Å². The lowest BCUT2D eigenvalue weighted by Crippen LogP contribution is -2.27. The van der Waals surface area contributed by atoms with Gasteiger partial charge < -0.3 is 10.1 Å². The quantitative estimate of drug-likeness (QED) is 0.535. The number of amides is 1. The molecule has 0 saturated carbocycles. The maximum atomic E-state index is 12.3. The lowest BCUT2D eigenvalue weighted by atomic mass is 10.1. The Morgan fingerprint density at radius 1 is 1.19 bits per heavy atom. The van der Waals surface area contributed by atoms with Gasteiger partial charge in [0.15, 0.2) is 5.16 Å². The number of nitrogens with one attached hydrogen (secondary N) is 1. The molecular weight excluding hydrogens is 372 g/mol. The third kappa shape index (κ3) is 6.16. The fraction of sp³-hybridized carbons (Fsp3) is 0.421. The predicted octanol–water partition coefficient (Wildman–Crippen LogP) is 4.23. The van der Waals surface area contributed by atoms with E-state index in [2.05, 4.69) is 20.0 Å². The summed E-state index contributed by atoms with van der Waals surface area (Å²) in [5.74, 6) is -0.00457. The highest BCUT2D eigenvalue weighted by atomic mass is 32.2. The van der Waals surface area contributed by atoms with Crippen molar-refractivity contribution in [3.8, 4) is 5.75 Å². The third-order valence-electron chi connectivity index (χ3n) is 4.17. The fourth-order valence-corrected chi connectivity index (χ4v) is 3.19. The molecule has 1 amide bonds. The van der Waals surface area contributed by atoms with Gasteiger partial charge in [-0.05, 0) is 56.7 Å². The maximum Gasteiger partial charge on any atom is 0.387 e. The molecule has 146 valence electrons. The van der Waals surface area contributed by atoms with E-state index in [9.17, 15) is 13.6 Å². The molecule has 0 aliphatic heterocycles. The van der Waals surface area contributed by atoms with E-state index < -0.39 is 6.61 Å². The van der Waals surface area contributed by atoms with E-state index in [-0.39, 0.29) is 17.7 Å². The van der Waals surface area contributed by atoms with Crippen LogP contribution in [-0.4, -0.2) is 28.7 Å². The van der Waals surface area contributed by atoms with Crippen molar-refractivity contribution in [2.45, 2.75) is 51.4 Å². The number of alkyl halides is 2. The Morgan fingerprint density at radius 3 is 2.30 bits per heavy atom. The van der Waals surface area contributed by atoms with Gasteiger partial charge in [0, 0.05) is 17.8 Å². The molecule has 1 N–H and O–H groups in total. The average Bonchev–Trinajstić information content (AvgIpc) is 2.60. The van der Waals surface area contributed by atoms with Crippen LogP contribution in [0.5, 0.6) is 5.75 Å². The molecule has 1 aromatic heterocycles. The minimum Gasteiger partial charge on any atom is -0.435 e. The Kier molecular flexibility index (Phi) is 7.53. The Morgan fingerprint density at radius 2 is 1.78 bits per heavy atom. The molecule has 0 aliphatic carbocycles. The normalized spacial score (nSPS) is 12.1. The van der Waals surface area contributed by atoms with E-state index in [0.717, 1.165) is 27.7 Å². The molecular formula is C19H23F2N3O2S. The van der Waals surface area contributed by atoms with Gasteiger partial charge in [0.05, 0.1) is 6.04 Å². The second-order valence-electron chi connectivity index (χ2n) is 6.10. The lowest BCUT2D eigenvalue weighted by Gasteiger charge is -2.16. The smallest absolute Gasteiger partial charge is 0.387 e. The van der Waals surface area contributed by atoms with Crippen molar-refractivity contribution >= 4 is 17.7 Å². The van der Waals surface area contributed by atoms with Crippen molar-refractivity contribution < 1.29 is 18.3 Å². The molecule has 2 rings (SSSR count). The molecule has 1 heterocycles. The number of rotatable bonds is 8. The second kappa shape index (κ2) is 9.64. The summed E-state index contributed by atoms with van der Waals surface area (Å²) in [4.78, 5) is 21.1. The SMILES string of the molecule is CSc1nc(C)c(CCC(=O)NC(C)c2ccc(OC(F)F)cc2)c(C)n1. The largest absolute Gasteiger partial charge is 0.435 e. The second-order valence-corrected chi connectivity index (χ2v) is 6.87. The van der Waals surface area contributed by atoms with E-state index >= 15 is 0 Å². The van der Waals surface area contributed by atoms with Crippen LogP contribution in [0, 0.1) is 13.8 Å². The molecule has 5 nitrogen and oxygen atoms in total. The summed E-state index contributed by atoms with van der Waals surface area (Å²) in [6.07, 6.45) is 2.81. The maximum absolute atomic E-state index is 12.3. The first-order valence-electron chi connectivity index (χ1n) is 8.52. The molecule has 1 aromatic carbocycles. The Labute approximate surface area is 161 Å². The molecule has 0 fully saturated rings. The number of aryl methyl sites for hydroxylation is 2. The van der Waals surface area contributed by atoms with Crippen molar-refractivity contribution in [2.24, 2.45) is 0 Å². The molecule has 0 spiro atoms. The summed E-state index contributed by atoms with van der Waals surface area (Å²) in [5, 5.41) is 3.64. The zero-order valence-electron chi connectivity index (χ0n) is 15.8. The van der Waals surface area contributed by atoms with E-state index in [1.165, 1.54) is 23.9 Å². The Hall–Kier alpha value is -2.22. The number of ether oxygens (including phenoxy) is 1. The molecule has 1 unspecified atom stereocenters. The summed E-state index contributed by atoms with van der Waals surface area (Å²) < 4.78 is 28.7. The lowest BCUT2D eigenvalue weighted by molar-refractivity contribution is -0.121. The van der Waals surface area contributed by atoms with Crippen molar-refractivity contribution in [1.82, 2.24) is 15.3 Å². The molecule has 0 radical (unpaired) electrons. The first kappa shape index (κ1) is 21.1. The molecule has 2 aromatic rings. The average molecular weight is 395 g/mol. The van der Waals surface area contributed by atoms with Crippen LogP contribution < -0.4 is 10.1 Å². The van der Waals surface area contributed by atoms with Crippen LogP contribution in [-0.2, 0) is 11.2 Å². The topological polar surface area (TPSA) is 64.1 Å². The van der Waals surface area contributed by atoms with Crippen LogP contribution in [0.15, 0.2) is 29.4 Å². The Bertz CT molecular complexity index is 762. The zero-order chi connectivity index (χ0) is 20.0. The monoisotopic (exact) mass is 395 g/mol. The minimum atomic E-state index is -2.85. The van der Waals surface area contributed by atoms with Gasteiger partial charge in [0.2, 0.25) is 5.91 Å². The van der Waals surface area contributed by atoms with Gasteiger partial charge in [-0.2, -0.15) is 8.78 Å². The number of thioether (sulfide) groups is 1. The number of aromatic nitrogens is 2. The van der Waals surface area contributed by atoms with Gasteiger partial charge in [-0.15, -0.1) is 0 Å². The third-order valence-corrected chi connectivity index (χ3v) is 4.72. The summed E-state index contributed by atoms with van der Waals surface area (Å²) in [6.45, 7) is 2.84. The molecule has 27 heavy (non-hydrogen) atoms. The van der Waals surface area contributed by atoms with Crippen molar-refractivity contribution in [3.63, 3.8) is 0 Å². The van der Waals surface area contributed by atoms with Crippen LogP contribution in [0.2, 0.25) is 0 Å². The minimum absolute atomic E-state index is 0.0897. The van der Waals surface area contributed by atoms with Crippen molar-refractivity contribution in [1.29, 1.82) is 0 Å². The summed E-state index contributed by atoms with van der Waals surface area (Å²) >= 11 is 1.49. The first-order chi connectivity index (χ1) is 12.8. The predicted molar refractivity (Wildman–Crippen MR) is 101 cm³/mol. The van der Waals surface area contributed by atoms with E-state index in [4.69, 9.17) is 0 Å². The number of carbonyl (C=O) groups is 1. The molecule has 1 atom stereocenters. The highest BCUT2D eigenvalue weighted by Gasteiger charge is 2.13. The van der Waals surface area contributed by atoms with Crippen molar-refractivity contribution in [2.75, 3.05) is 6.26 Å². The summed E-state index contributed by atoms with van der Waals surface area (Å²) in [6, 6.07) is 6.00. The fourth-order valence-electron chi connectivity index (χ4n) is 2.74. The van der Waals surface area contributed by atoms with Crippen molar-refractivity contribution in [3.05, 3.63) is 46.8 Å².